The van der Waals surface area contributed by atoms with Gasteiger partial charge in [0.15, 0.2) is 0 Å². The maximum atomic E-state index is 12.5. The van der Waals surface area contributed by atoms with Gasteiger partial charge in [-0.25, -0.2) is 0 Å². The van der Waals surface area contributed by atoms with Gasteiger partial charge in [-0.1, -0.05) is 12.1 Å². The molecule has 1 atom stereocenters. The number of hydrogen-bond donors (Lipinski definition) is 1. The Balaban J connectivity index is 2.26. The molecule has 100 valence electrons. The van der Waals surface area contributed by atoms with Gasteiger partial charge >= 0.3 is 0 Å². The Morgan fingerprint density at radius 2 is 2.11 bits per heavy atom. The summed E-state index contributed by atoms with van der Waals surface area (Å²) in [6.45, 7) is 2.02. The molecule has 1 heterocycles. The normalized spacial score (nSPS) is 12.2. The molecular weight excluding hydrogens is 324 g/mol. The van der Waals surface area contributed by atoms with Crippen molar-refractivity contribution >= 4 is 38.9 Å². The van der Waals surface area contributed by atoms with Crippen LogP contribution in [0.25, 0.3) is 0 Å². The number of amides is 1. The summed E-state index contributed by atoms with van der Waals surface area (Å²) >= 11 is 5.03. The van der Waals surface area contributed by atoms with Crippen LogP contribution < -0.4 is 5.73 Å². The van der Waals surface area contributed by atoms with Crippen molar-refractivity contribution in [2.45, 2.75) is 13.0 Å². The lowest BCUT2D eigenvalue weighted by Crippen LogP contribution is -2.29. The fourth-order valence-electron chi connectivity index (χ4n) is 1.80. The van der Waals surface area contributed by atoms with Crippen LogP contribution in [0.5, 0.6) is 0 Å². The maximum absolute atomic E-state index is 12.5. The first-order valence-electron chi connectivity index (χ1n) is 5.87. The van der Waals surface area contributed by atoms with Crippen molar-refractivity contribution in [3.63, 3.8) is 0 Å². The van der Waals surface area contributed by atoms with E-state index in [1.807, 2.05) is 31.5 Å². The lowest BCUT2D eigenvalue weighted by molar-refractivity contribution is 0.0744. The molecule has 0 bridgehead atoms. The highest BCUT2D eigenvalue weighted by molar-refractivity contribution is 9.10. The summed E-state index contributed by atoms with van der Waals surface area (Å²) in [4.78, 5) is 15.4. The number of nitrogens with zero attached hydrogens (tertiary/aromatic N) is 1. The third-order valence-corrected chi connectivity index (χ3v) is 5.04. The van der Waals surface area contributed by atoms with Gasteiger partial charge in [0.05, 0.1) is 16.1 Å². The number of nitrogen functional groups attached to an aromatic ring is 1. The smallest absolute Gasteiger partial charge is 0.255 e. The lowest BCUT2D eigenvalue weighted by Gasteiger charge is -2.24. The van der Waals surface area contributed by atoms with Crippen molar-refractivity contribution < 1.29 is 4.79 Å². The predicted molar refractivity (Wildman–Crippen MR) is 83.4 cm³/mol. The molecule has 2 N–H and O–H groups in total. The maximum Gasteiger partial charge on any atom is 0.255 e. The number of rotatable bonds is 3. The largest absolute Gasteiger partial charge is 0.398 e. The monoisotopic (exact) mass is 338 g/mol. The highest BCUT2D eigenvalue weighted by atomic mass is 79.9. The van der Waals surface area contributed by atoms with E-state index >= 15 is 0 Å². The third kappa shape index (κ3) is 2.82. The zero-order chi connectivity index (χ0) is 14.0. The number of thiophene rings is 1. The quantitative estimate of drug-likeness (QED) is 0.862. The van der Waals surface area contributed by atoms with Crippen LogP contribution in [0, 0.1) is 0 Å². The fraction of sp³-hybridized carbons (Fsp3) is 0.214. The molecular formula is C14H15BrN2OS. The molecule has 0 saturated heterocycles. The van der Waals surface area contributed by atoms with Gasteiger partial charge in [0.2, 0.25) is 0 Å². The van der Waals surface area contributed by atoms with Crippen LogP contribution in [0.2, 0.25) is 0 Å². The van der Waals surface area contributed by atoms with E-state index in [1.165, 1.54) is 0 Å². The first-order chi connectivity index (χ1) is 9.02. The van der Waals surface area contributed by atoms with Gasteiger partial charge in [-0.05, 0) is 46.4 Å². The average molecular weight is 339 g/mol. The number of carbonyl (C=O) groups excluding carboxylic acids is 1. The summed E-state index contributed by atoms with van der Waals surface area (Å²) in [6, 6.07) is 9.40. The van der Waals surface area contributed by atoms with Gasteiger partial charge in [-0.15, -0.1) is 11.3 Å². The minimum atomic E-state index is -0.0416. The van der Waals surface area contributed by atoms with Gasteiger partial charge in [0, 0.05) is 17.6 Å². The number of nitrogens with two attached hydrogens (primary N) is 1. The zero-order valence-electron chi connectivity index (χ0n) is 10.8. The molecule has 0 aliphatic heterocycles. The molecule has 0 fully saturated rings. The third-order valence-electron chi connectivity index (χ3n) is 3.12. The molecule has 0 aliphatic carbocycles. The topological polar surface area (TPSA) is 46.3 Å². The Hall–Kier alpha value is -1.33. The van der Waals surface area contributed by atoms with Crippen LogP contribution in [0.1, 0.15) is 28.2 Å². The molecule has 3 nitrogen and oxygen atoms in total. The standard InChI is InChI=1S/C14H15BrN2OS/c1-9(12-7-4-8-19-12)17(2)14(18)10-5-3-6-11(16)13(10)15/h3-9H,16H2,1-2H3. The molecule has 0 spiro atoms. The second-order valence-corrected chi connectivity index (χ2v) is 6.09. The number of hydrogen-bond acceptors (Lipinski definition) is 3. The molecule has 0 aliphatic rings. The molecule has 2 aromatic rings. The van der Waals surface area contributed by atoms with Crippen LogP contribution in [0.15, 0.2) is 40.2 Å². The summed E-state index contributed by atoms with van der Waals surface area (Å²) < 4.78 is 0.658. The Morgan fingerprint density at radius 1 is 1.37 bits per heavy atom. The van der Waals surface area contributed by atoms with E-state index in [0.717, 1.165) is 4.88 Å². The van der Waals surface area contributed by atoms with E-state index in [4.69, 9.17) is 5.73 Å². The van der Waals surface area contributed by atoms with Crippen LogP contribution in [0.3, 0.4) is 0 Å². The molecule has 19 heavy (non-hydrogen) atoms. The van der Waals surface area contributed by atoms with Crippen LogP contribution in [-0.4, -0.2) is 17.9 Å². The minimum absolute atomic E-state index is 0.0416. The average Bonchev–Trinajstić information content (AvgIpc) is 2.93. The van der Waals surface area contributed by atoms with E-state index in [9.17, 15) is 4.79 Å². The van der Waals surface area contributed by atoms with Crippen molar-refractivity contribution in [3.8, 4) is 0 Å². The van der Waals surface area contributed by atoms with Crippen molar-refractivity contribution in [3.05, 3.63) is 50.6 Å². The Morgan fingerprint density at radius 3 is 2.74 bits per heavy atom. The highest BCUT2D eigenvalue weighted by Gasteiger charge is 2.21. The molecule has 0 radical (unpaired) electrons. The van der Waals surface area contributed by atoms with E-state index in [1.54, 1.807) is 34.4 Å². The summed E-state index contributed by atoms with van der Waals surface area (Å²) in [6.07, 6.45) is 0. The molecule has 2 rings (SSSR count). The molecule has 1 aromatic carbocycles. The first kappa shape index (κ1) is 14.1. The predicted octanol–water partition coefficient (Wildman–Crippen LogP) is 3.93. The number of benzene rings is 1. The Labute approximate surface area is 125 Å². The SMILES string of the molecule is CC(c1cccs1)N(C)C(=O)c1cccc(N)c1Br. The van der Waals surface area contributed by atoms with Gasteiger partial charge in [-0.3, -0.25) is 4.79 Å². The van der Waals surface area contributed by atoms with Gasteiger partial charge < -0.3 is 10.6 Å². The minimum Gasteiger partial charge on any atom is -0.398 e. The van der Waals surface area contributed by atoms with Crippen molar-refractivity contribution in [1.29, 1.82) is 0 Å². The van der Waals surface area contributed by atoms with Gasteiger partial charge in [0.25, 0.3) is 5.91 Å². The zero-order valence-corrected chi connectivity index (χ0v) is 13.2. The second-order valence-electron chi connectivity index (χ2n) is 4.32. The van der Waals surface area contributed by atoms with E-state index in [2.05, 4.69) is 15.9 Å². The molecule has 5 heteroatoms. The Kier molecular flexibility index (Phi) is 4.27. The first-order valence-corrected chi connectivity index (χ1v) is 7.54. The van der Waals surface area contributed by atoms with Crippen LogP contribution >= 0.6 is 27.3 Å². The summed E-state index contributed by atoms with van der Waals surface area (Å²) in [5.41, 5.74) is 6.97. The van der Waals surface area contributed by atoms with Crippen molar-refractivity contribution in [1.82, 2.24) is 4.90 Å². The van der Waals surface area contributed by atoms with Gasteiger partial charge in [0.1, 0.15) is 0 Å². The lowest BCUT2D eigenvalue weighted by atomic mass is 10.1. The second kappa shape index (κ2) is 5.75. The summed E-state index contributed by atoms with van der Waals surface area (Å²) in [7, 11) is 1.81. The summed E-state index contributed by atoms with van der Waals surface area (Å²) in [5.74, 6) is -0.0416. The molecule has 1 amide bonds. The van der Waals surface area contributed by atoms with Crippen molar-refractivity contribution in [2.75, 3.05) is 12.8 Å². The number of anilines is 1. The fourth-order valence-corrected chi connectivity index (χ4v) is 3.06. The van der Waals surface area contributed by atoms with E-state index in [0.29, 0.717) is 15.7 Å². The Bertz CT molecular complexity index is 583. The van der Waals surface area contributed by atoms with E-state index < -0.39 is 0 Å². The van der Waals surface area contributed by atoms with Gasteiger partial charge in [-0.2, -0.15) is 0 Å². The number of halogens is 1. The number of carbonyl (C=O) groups is 1. The molecule has 1 aromatic heterocycles. The molecule has 0 saturated carbocycles. The molecule has 1 unspecified atom stereocenters. The van der Waals surface area contributed by atoms with Crippen LogP contribution in [0.4, 0.5) is 5.69 Å². The van der Waals surface area contributed by atoms with E-state index in [-0.39, 0.29) is 11.9 Å². The van der Waals surface area contributed by atoms with Crippen molar-refractivity contribution in [2.24, 2.45) is 0 Å². The highest BCUT2D eigenvalue weighted by Crippen LogP contribution is 2.29. The summed E-state index contributed by atoms with van der Waals surface area (Å²) in [5, 5.41) is 2.01. The van der Waals surface area contributed by atoms with Crippen LogP contribution in [-0.2, 0) is 0 Å².